The molecule has 2 rings (SSSR count). The van der Waals surface area contributed by atoms with Gasteiger partial charge in [-0.05, 0) is 29.9 Å². The molecule has 0 aromatic heterocycles. The average Bonchev–Trinajstić information content (AvgIpc) is 2.47. The van der Waals surface area contributed by atoms with E-state index in [0.29, 0.717) is 5.92 Å². The monoisotopic (exact) mass is 248 g/mol. The van der Waals surface area contributed by atoms with Crippen LogP contribution in [0.4, 0.5) is 0 Å². The van der Waals surface area contributed by atoms with Crippen LogP contribution in [0.3, 0.4) is 0 Å². The van der Waals surface area contributed by atoms with Gasteiger partial charge in [-0.1, -0.05) is 43.5 Å². The highest BCUT2D eigenvalue weighted by atomic mass is 16.3. The van der Waals surface area contributed by atoms with Crippen LogP contribution >= 0.6 is 0 Å². The molecule has 0 radical (unpaired) electrons. The third-order valence-electron chi connectivity index (χ3n) is 4.05. The molecule has 100 valence electrons. The largest absolute Gasteiger partial charge is 0.390 e. The Morgan fingerprint density at radius 1 is 1.11 bits per heavy atom. The molecule has 0 amide bonds. The van der Waals surface area contributed by atoms with Gasteiger partial charge in [0.25, 0.3) is 0 Å². The van der Waals surface area contributed by atoms with Crippen molar-refractivity contribution in [1.29, 1.82) is 0 Å². The van der Waals surface area contributed by atoms with Crippen molar-refractivity contribution < 1.29 is 5.11 Å². The van der Waals surface area contributed by atoms with Crippen molar-refractivity contribution in [2.45, 2.75) is 50.2 Å². The van der Waals surface area contributed by atoms with Gasteiger partial charge in [0.05, 0.1) is 12.1 Å². The van der Waals surface area contributed by atoms with E-state index in [9.17, 15) is 5.11 Å². The molecule has 1 aliphatic rings. The van der Waals surface area contributed by atoms with E-state index < -0.39 is 6.10 Å². The number of hydrogen-bond donors (Lipinski definition) is 3. The lowest BCUT2D eigenvalue weighted by Crippen LogP contribution is -2.32. The lowest BCUT2D eigenvalue weighted by atomic mass is 9.83. The summed E-state index contributed by atoms with van der Waals surface area (Å²) in [4.78, 5) is 0. The first-order chi connectivity index (χ1) is 8.72. The third-order valence-corrected chi connectivity index (χ3v) is 4.05. The van der Waals surface area contributed by atoms with Gasteiger partial charge in [0.1, 0.15) is 0 Å². The van der Waals surface area contributed by atoms with E-state index in [4.69, 9.17) is 11.5 Å². The Kier molecular flexibility index (Phi) is 4.75. The van der Waals surface area contributed by atoms with Crippen LogP contribution in [-0.2, 0) is 0 Å². The minimum absolute atomic E-state index is 0.200. The molecule has 18 heavy (non-hydrogen) atoms. The summed E-state index contributed by atoms with van der Waals surface area (Å²) in [5.41, 5.74) is 13.8. The maximum absolute atomic E-state index is 9.65. The van der Waals surface area contributed by atoms with Gasteiger partial charge in [0, 0.05) is 6.54 Å². The van der Waals surface area contributed by atoms with Crippen LogP contribution in [0.2, 0.25) is 0 Å². The number of hydrogen-bond acceptors (Lipinski definition) is 3. The van der Waals surface area contributed by atoms with Gasteiger partial charge in [-0.25, -0.2) is 0 Å². The van der Waals surface area contributed by atoms with Crippen molar-refractivity contribution in [1.82, 2.24) is 0 Å². The first-order valence-corrected chi connectivity index (χ1v) is 6.96. The zero-order valence-corrected chi connectivity index (χ0v) is 10.9. The number of benzene rings is 1. The Balaban J connectivity index is 2.04. The van der Waals surface area contributed by atoms with Crippen LogP contribution in [-0.4, -0.2) is 17.8 Å². The highest BCUT2D eigenvalue weighted by molar-refractivity contribution is 5.28. The van der Waals surface area contributed by atoms with Crippen molar-refractivity contribution in [2.24, 2.45) is 11.5 Å². The predicted molar refractivity (Wildman–Crippen MR) is 74.3 cm³/mol. The molecule has 3 heteroatoms. The van der Waals surface area contributed by atoms with Crippen LogP contribution in [0.25, 0.3) is 0 Å². The molecule has 1 aromatic rings. The Hall–Kier alpha value is -0.900. The standard InChI is InChI=1S/C15H24N2O/c16-10-14(18)15(17)13-8-6-12(7-9-13)11-4-2-1-3-5-11/h6-9,11,14-15,18H,1-5,10,16-17H2. The van der Waals surface area contributed by atoms with E-state index in [0.717, 1.165) is 5.56 Å². The summed E-state index contributed by atoms with van der Waals surface area (Å²) >= 11 is 0. The highest BCUT2D eigenvalue weighted by Crippen LogP contribution is 2.32. The molecule has 2 unspecified atom stereocenters. The van der Waals surface area contributed by atoms with E-state index in [1.807, 2.05) is 12.1 Å². The summed E-state index contributed by atoms with van der Waals surface area (Å²) in [6.07, 6.45) is 6.01. The minimum Gasteiger partial charge on any atom is -0.390 e. The molecule has 1 fully saturated rings. The molecule has 3 nitrogen and oxygen atoms in total. The molecule has 0 bridgehead atoms. The lowest BCUT2D eigenvalue weighted by Gasteiger charge is -2.23. The summed E-state index contributed by atoms with van der Waals surface area (Å²) < 4.78 is 0. The van der Waals surface area contributed by atoms with Crippen molar-refractivity contribution in [3.8, 4) is 0 Å². The average molecular weight is 248 g/mol. The molecule has 5 N–H and O–H groups in total. The van der Waals surface area contributed by atoms with Crippen molar-refractivity contribution in [3.63, 3.8) is 0 Å². The van der Waals surface area contributed by atoms with E-state index in [-0.39, 0.29) is 12.6 Å². The Morgan fingerprint density at radius 3 is 2.28 bits per heavy atom. The fourth-order valence-electron chi connectivity index (χ4n) is 2.80. The number of nitrogens with two attached hydrogens (primary N) is 2. The summed E-state index contributed by atoms with van der Waals surface area (Å²) in [6, 6.07) is 8.01. The number of aliphatic hydroxyl groups is 1. The topological polar surface area (TPSA) is 72.3 Å². The molecule has 1 aliphatic carbocycles. The van der Waals surface area contributed by atoms with E-state index in [1.165, 1.54) is 37.7 Å². The minimum atomic E-state index is -0.662. The fourth-order valence-corrected chi connectivity index (χ4v) is 2.80. The summed E-state index contributed by atoms with van der Waals surface area (Å²) in [5, 5.41) is 9.65. The van der Waals surface area contributed by atoms with Gasteiger partial charge in [0.2, 0.25) is 0 Å². The van der Waals surface area contributed by atoms with Crippen molar-refractivity contribution in [3.05, 3.63) is 35.4 Å². The second-order valence-electron chi connectivity index (χ2n) is 5.33. The molecular formula is C15H24N2O. The molecule has 0 saturated heterocycles. The third kappa shape index (κ3) is 3.10. The molecule has 1 saturated carbocycles. The number of aliphatic hydroxyl groups excluding tert-OH is 1. The van der Waals surface area contributed by atoms with Crippen LogP contribution in [0, 0.1) is 0 Å². The van der Waals surface area contributed by atoms with Crippen LogP contribution < -0.4 is 11.5 Å². The van der Waals surface area contributed by atoms with Gasteiger partial charge >= 0.3 is 0 Å². The Bertz CT molecular complexity index is 336. The van der Waals surface area contributed by atoms with Crippen LogP contribution in [0.15, 0.2) is 24.3 Å². The zero-order valence-electron chi connectivity index (χ0n) is 10.9. The molecule has 2 atom stereocenters. The molecule has 0 spiro atoms. The molecule has 0 aliphatic heterocycles. The van der Waals surface area contributed by atoms with Crippen LogP contribution in [0.5, 0.6) is 0 Å². The summed E-state index contributed by atoms with van der Waals surface area (Å²) in [5.74, 6) is 0.712. The van der Waals surface area contributed by atoms with Gasteiger partial charge in [-0.15, -0.1) is 0 Å². The van der Waals surface area contributed by atoms with Gasteiger partial charge < -0.3 is 16.6 Å². The second-order valence-corrected chi connectivity index (χ2v) is 5.33. The van der Waals surface area contributed by atoms with Gasteiger partial charge in [-0.3, -0.25) is 0 Å². The quantitative estimate of drug-likeness (QED) is 0.763. The van der Waals surface area contributed by atoms with Crippen molar-refractivity contribution in [2.75, 3.05) is 6.54 Å². The normalized spacial score (nSPS) is 20.6. The zero-order chi connectivity index (χ0) is 13.0. The van der Waals surface area contributed by atoms with E-state index >= 15 is 0 Å². The molecule has 0 heterocycles. The Morgan fingerprint density at radius 2 is 1.72 bits per heavy atom. The number of rotatable bonds is 4. The first kappa shape index (κ1) is 13.5. The van der Waals surface area contributed by atoms with E-state index in [1.54, 1.807) is 0 Å². The molecular weight excluding hydrogens is 224 g/mol. The SMILES string of the molecule is NCC(O)C(N)c1ccc(C2CCCCC2)cc1. The van der Waals surface area contributed by atoms with Gasteiger partial charge in [-0.2, -0.15) is 0 Å². The van der Waals surface area contributed by atoms with Gasteiger partial charge in [0.15, 0.2) is 0 Å². The smallest absolute Gasteiger partial charge is 0.0854 e. The second kappa shape index (κ2) is 6.32. The first-order valence-electron chi connectivity index (χ1n) is 6.96. The predicted octanol–water partition coefficient (Wildman–Crippen LogP) is 2.05. The highest BCUT2D eigenvalue weighted by Gasteiger charge is 2.18. The summed E-state index contributed by atoms with van der Waals surface area (Å²) in [6.45, 7) is 0.200. The van der Waals surface area contributed by atoms with E-state index in [2.05, 4.69) is 12.1 Å². The maximum atomic E-state index is 9.65. The molecule has 1 aromatic carbocycles. The Labute approximate surface area is 109 Å². The fraction of sp³-hybridized carbons (Fsp3) is 0.600. The van der Waals surface area contributed by atoms with Crippen LogP contribution in [0.1, 0.15) is 55.2 Å². The summed E-state index contributed by atoms with van der Waals surface area (Å²) in [7, 11) is 0. The lowest BCUT2D eigenvalue weighted by molar-refractivity contribution is 0.153. The maximum Gasteiger partial charge on any atom is 0.0854 e. The van der Waals surface area contributed by atoms with Crippen molar-refractivity contribution >= 4 is 0 Å².